The molecule has 2 aliphatic carbocycles. The number of hydrogen-bond acceptors (Lipinski definition) is 0. The second kappa shape index (κ2) is 14.3. The van der Waals surface area contributed by atoms with Crippen molar-refractivity contribution in [3.8, 4) is 0 Å². The smallest absolute Gasteiger partial charge is 0.0231 e. The first-order valence-corrected chi connectivity index (χ1v) is 8.93. The standard InChI is InChI=1S/C10H10.C9H8.C3H8.C2H6/c1-2-6-10-8-4-3-7-9(10)5-1;1-3-8-6-5-7-9(8)4-2;1-3-2;1-2/h1-3,5-7H,4,8H2;3-6H,1-2H2;3H2,1-2H3;1-2H3. The zero-order chi connectivity index (χ0) is 18.2. The average molecular weight is 321 g/mol. The van der Waals surface area contributed by atoms with E-state index in [-0.39, 0.29) is 0 Å². The van der Waals surface area contributed by atoms with Crippen LogP contribution in [0.15, 0.2) is 84.7 Å². The van der Waals surface area contributed by atoms with E-state index < -0.39 is 0 Å². The minimum Gasteiger partial charge on any atom is -0.112 e. The molecule has 3 rings (SSSR count). The Hall–Kier alpha value is -2.30. The van der Waals surface area contributed by atoms with E-state index in [9.17, 15) is 0 Å². The van der Waals surface area contributed by atoms with Gasteiger partial charge in [-0.3, -0.25) is 0 Å². The van der Waals surface area contributed by atoms with Crippen LogP contribution < -0.4 is 0 Å². The lowest BCUT2D eigenvalue weighted by Gasteiger charge is -2.07. The summed E-state index contributed by atoms with van der Waals surface area (Å²) in [6.45, 7) is 15.5. The average Bonchev–Trinajstić information content (AvgIpc) is 3.12. The maximum atomic E-state index is 3.64. The van der Waals surface area contributed by atoms with Crippen LogP contribution in [0.2, 0.25) is 0 Å². The second-order valence-corrected chi connectivity index (χ2v) is 5.10. The summed E-state index contributed by atoms with van der Waals surface area (Å²) in [5.41, 5.74) is 8.04. The Labute approximate surface area is 149 Å². The molecule has 1 aromatic rings. The van der Waals surface area contributed by atoms with Gasteiger partial charge in [-0.2, -0.15) is 0 Å². The predicted molar refractivity (Wildman–Crippen MR) is 111 cm³/mol. The molecule has 1 aromatic carbocycles. The molecule has 0 saturated carbocycles. The van der Waals surface area contributed by atoms with Crippen molar-refractivity contribution in [3.63, 3.8) is 0 Å². The third-order valence-electron chi connectivity index (χ3n) is 3.17. The Morgan fingerprint density at radius 3 is 2.29 bits per heavy atom. The quantitative estimate of drug-likeness (QED) is 0.496. The largest absolute Gasteiger partial charge is 0.112 e. The first-order valence-electron chi connectivity index (χ1n) is 8.93. The molecule has 0 aromatic heterocycles. The lowest BCUT2D eigenvalue weighted by Crippen LogP contribution is -1.91. The summed E-state index contributed by atoms with van der Waals surface area (Å²) in [5.74, 6) is 0. The van der Waals surface area contributed by atoms with Crippen molar-refractivity contribution in [2.75, 3.05) is 0 Å². The van der Waals surface area contributed by atoms with Gasteiger partial charge in [0.15, 0.2) is 0 Å². The normalized spacial score (nSPS) is 12.7. The molecule has 0 spiro atoms. The topological polar surface area (TPSA) is 0 Å². The van der Waals surface area contributed by atoms with Gasteiger partial charge in [-0.05, 0) is 41.7 Å². The molecular formula is C24H32. The molecule has 0 heterocycles. The number of rotatable bonds is 2. The third-order valence-corrected chi connectivity index (χ3v) is 3.17. The van der Waals surface area contributed by atoms with Gasteiger partial charge in [0, 0.05) is 5.57 Å². The summed E-state index contributed by atoms with van der Waals surface area (Å²) in [6, 6.07) is 8.58. The Morgan fingerprint density at radius 1 is 1.08 bits per heavy atom. The van der Waals surface area contributed by atoms with E-state index >= 15 is 0 Å². The van der Waals surface area contributed by atoms with Crippen molar-refractivity contribution in [3.05, 3.63) is 95.8 Å². The van der Waals surface area contributed by atoms with Gasteiger partial charge in [-0.25, -0.2) is 0 Å². The van der Waals surface area contributed by atoms with E-state index in [0.717, 1.165) is 11.1 Å². The summed E-state index contributed by atoms with van der Waals surface area (Å²) in [4.78, 5) is 0. The van der Waals surface area contributed by atoms with Crippen molar-refractivity contribution in [1.82, 2.24) is 0 Å². The van der Waals surface area contributed by atoms with Crippen molar-refractivity contribution in [2.24, 2.45) is 0 Å². The summed E-state index contributed by atoms with van der Waals surface area (Å²) in [7, 11) is 0. The molecule has 0 amide bonds. The van der Waals surface area contributed by atoms with Crippen LogP contribution >= 0.6 is 0 Å². The predicted octanol–water partition coefficient (Wildman–Crippen LogP) is 7.47. The monoisotopic (exact) mass is 320 g/mol. The molecule has 0 N–H and O–H groups in total. The second-order valence-electron chi connectivity index (χ2n) is 5.10. The highest BCUT2D eigenvalue weighted by Gasteiger charge is 2.00. The number of fused-ring (bicyclic) bond motifs is 1. The molecule has 0 saturated heterocycles. The molecular weight excluding hydrogens is 288 g/mol. The van der Waals surface area contributed by atoms with Crippen LogP contribution in [-0.4, -0.2) is 0 Å². The lowest BCUT2D eigenvalue weighted by molar-refractivity contribution is 0.986. The highest BCUT2D eigenvalue weighted by atomic mass is 14.1. The van der Waals surface area contributed by atoms with Gasteiger partial charge in [0.1, 0.15) is 0 Å². The fraction of sp³-hybridized carbons (Fsp3) is 0.292. The van der Waals surface area contributed by atoms with E-state index in [1.165, 1.54) is 30.4 Å². The highest BCUT2D eigenvalue weighted by Crippen LogP contribution is 2.17. The van der Waals surface area contributed by atoms with Crippen LogP contribution in [0, 0.1) is 0 Å². The Morgan fingerprint density at radius 2 is 1.75 bits per heavy atom. The number of hydrogen-bond donors (Lipinski definition) is 0. The highest BCUT2D eigenvalue weighted by molar-refractivity contribution is 5.55. The molecule has 0 fully saturated rings. The van der Waals surface area contributed by atoms with Crippen LogP contribution in [0.5, 0.6) is 0 Å². The van der Waals surface area contributed by atoms with Crippen LogP contribution in [0.3, 0.4) is 0 Å². The molecule has 0 aliphatic heterocycles. The lowest BCUT2D eigenvalue weighted by atomic mass is 9.98. The van der Waals surface area contributed by atoms with Gasteiger partial charge in [0.2, 0.25) is 0 Å². The Kier molecular flexibility index (Phi) is 12.9. The number of benzene rings is 1. The molecule has 0 unspecified atom stereocenters. The summed E-state index contributed by atoms with van der Waals surface area (Å²) >= 11 is 0. The van der Waals surface area contributed by atoms with Gasteiger partial charge in [-0.1, -0.05) is 95.8 Å². The van der Waals surface area contributed by atoms with Crippen molar-refractivity contribution >= 4 is 6.08 Å². The molecule has 24 heavy (non-hydrogen) atoms. The molecule has 128 valence electrons. The van der Waals surface area contributed by atoms with Crippen LogP contribution in [0.4, 0.5) is 0 Å². The van der Waals surface area contributed by atoms with Crippen molar-refractivity contribution < 1.29 is 0 Å². The SMILES string of the molecule is C1=Cc2ccccc2CC1.C=CC1=C=CC=C1C=C.CC.CCC. The molecule has 0 heteroatoms. The van der Waals surface area contributed by atoms with E-state index in [2.05, 4.69) is 69.2 Å². The number of allylic oxidation sites excluding steroid dienone is 6. The van der Waals surface area contributed by atoms with E-state index in [4.69, 9.17) is 0 Å². The molecule has 0 nitrogen and oxygen atoms in total. The summed E-state index contributed by atoms with van der Waals surface area (Å²) in [5, 5.41) is 0. The van der Waals surface area contributed by atoms with Crippen molar-refractivity contribution in [1.29, 1.82) is 0 Å². The van der Waals surface area contributed by atoms with Gasteiger partial charge in [0.05, 0.1) is 0 Å². The third kappa shape index (κ3) is 7.81. The van der Waals surface area contributed by atoms with Gasteiger partial charge in [0.25, 0.3) is 0 Å². The fourth-order valence-electron chi connectivity index (χ4n) is 2.12. The Balaban J connectivity index is 0.000000351. The summed E-state index contributed by atoms with van der Waals surface area (Å²) in [6.07, 6.45) is 15.5. The first-order chi connectivity index (χ1) is 11.8. The van der Waals surface area contributed by atoms with Crippen LogP contribution in [-0.2, 0) is 6.42 Å². The van der Waals surface area contributed by atoms with Gasteiger partial charge in [-0.15, -0.1) is 5.73 Å². The van der Waals surface area contributed by atoms with Crippen LogP contribution in [0.25, 0.3) is 6.08 Å². The van der Waals surface area contributed by atoms with E-state index in [1.807, 2.05) is 26.0 Å². The van der Waals surface area contributed by atoms with E-state index in [0.29, 0.717) is 0 Å². The van der Waals surface area contributed by atoms with Crippen molar-refractivity contribution in [2.45, 2.75) is 47.0 Å². The molecule has 0 atom stereocenters. The molecule has 2 aliphatic rings. The van der Waals surface area contributed by atoms with Gasteiger partial charge < -0.3 is 0 Å². The molecule has 0 bridgehead atoms. The van der Waals surface area contributed by atoms with E-state index in [1.54, 1.807) is 12.2 Å². The maximum Gasteiger partial charge on any atom is 0.0231 e. The minimum absolute atomic E-state index is 1.03. The van der Waals surface area contributed by atoms with Crippen LogP contribution in [0.1, 0.15) is 51.7 Å². The minimum atomic E-state index is 1.03. The zero-order valence-electron chi connectivity index (χ0n) is 15.8. The first kappa shape index (κ1) is 21.7. The number of aryl methyl sites for hydroxylation is 1. The fourth-order valence-corrected chi connectivity index (χ4v) is 2.12. The molecule has 0 radical (unpaired) electrons. The maximum absolute atomic E-state index is 3.64. The van der Waals surface area contributed by atoms with Gasteiger partial charge >= 0.3 is 0 Å². The summed E-state index contributed by atoms with van der Waals surface area (Å²) < 4.78 is 0. The zero-order valence-corrected chi connectivity index (χ0v) is 15.8. The Bertz CT molecular complexity index is 617.